The third kappa shape index (κ3) is 5.77. The summed E-state index contributed by atoms with van der Waals surface area (Å²) in [7, 11) is 3.73. The van der Waals surface area contributed by atoms with Crippen molar-refractivity contribution in [3.8, 4) is 0 Å². The number of benzene rings is 1. The molecule has 0 aliphatic rings. The van der Waals surface area contributed by atoms with E-state index < -0.39 is 6.10 Å². The summed E-state index contributed by atoms with van der Waals surface area (Å²) in [5.41, 5.74) is 1.71. The van der Waals surface area contributed by atoms with Crippen molar-refractivity contribution in [1.29, 1.82) is 0 Å². The molecule has 20 heavy (non-hydrogen) atoms. The van der Waals surface area contributed by atoms with E-state index in [2.05, 4.69) is 10.6 Å². The Bertz CT molecular complexity index is 452. The zero-order valence-electron chi connectivity index (χ0n) is 12.1. The van der Waals surface area contributed by atoms with Crippen molar-refractivity contribution in [3.63, 3.8) is 0 Å². The number of likely N-dealkylation sites (N-methyl/N-ethyl adjacent to an activating group) is 1. The smallest absolute Gasteiger partial charge is 0.319 e. The van der Waals surface area contributed by atoms with Crippen LogP contribution < -0.4 is 10.6 Å². The van der Waals surface area contributed by atoms with E-state index >= 15 is 0 Å². The number of rotatable bonds is 6. The molecule has 0 spiro atoms. The van der Waals surface area contributed by atoms with Gasteiger partial charge in [0.15, 0.2) is 0 Å². The molecule has 0 aromatic heterocycles. The highest BCUT2D eigenvalue weighted by Crippen LogP contribution is 2.20. The van der Waals surface area contributed by atoms with Crippen LogP contribution >= 0.6 is 11.6 Å². The fourth-order valence-electron chi connectivity index (χ4n) is 1.84. The van der Waals surface area contributed by atoms with Gasteiger partial charge < -0.3 is 20.6 Å². The van der Waals surface area contributed by atoms with Crippen molar-refractivity contribution in [1.82, 2.24) is 10.2 Å². The van der Waals surface area contributed by atoms with Crippen LogP contribution in [0.1, 0.15) is 12.5 Å². The number of carbonyl (C=O) groups excluding carboxylic acids is 1. The molecule has 2 amide bonds. The van der Waals surface area contributed by atoms with Gasteiger partial charge in [0.05, 0.1) is 6.10 Å². The lowest BCUT2D eigenvalue weighted by molar-refractivity contribution is 0.136. The minimum atomic E-state index is -0.591. The molecule has 0 aliphatic heterocycles. The molecule has 1 atom stereocenters. The lowest BCUT2D eigenvalue weighted by atomic mass is 10.1. The molecule has 0 heterocycles. The predicted octanol–water partition coefficient (Wildman–Crippen LogP) is 1.95. The van der Waals surface area contributed by atoms with Crippen LogP contribution in [-0.4, -0.2) is 49.3 Å². The first-order valence-electron chi connectivity index (χ1n) is 6.58. The summed E-state index contributed by atoms with van der Waals surface area (Å²) in [4.78, 5) is 13.6. The number of halogens is 1. The zero-order chi connectivity index (χ0) is 15.1. The normalized spacial score (nSPS) is 12.3. The highest BCUT2D eigenvalue weighted by molar-refractivity contribution is 6.30. The van der Waals surface area contributed by atoms with Crippen molar-refractivity contribution in [2.45, 2.75) is 19.4 Å². The highest BCUT2D eigenvalue weighted by atomic mass is 35.5. The molecular weight excluding hydrogens is 278 g/mol. The Morgan fingerprint density at radius 1 is 1.45 bits per heavy atom. The number of anilines is 1. The number of aliphatic hydroxyl groups excluding tert-OH is 1. The van der Waals surface area contributed by atoms with Gasteiger partial charge in [-0.05, 0) is 44.3 Å². The van der Waals surface area contributed by atoms with Crippen molar-refractivity contribution in [2.75, 3.05) is 32.5 Å². The molecule has 1 rings (SSSR count). The maximum atomic E-state index is 11.8. The molecule has 1 aromatic carbocycles. The van der Waals surface area contributed by atoms with Gasteiger partial charge in [-0.3, -0.25) is 0 Å². The molecule has 1 aromatic rings. The Balaban J connectivity index is 2.50. The second kappa shape index (κ2) is 8.09. The Kier molecular flexibility index (Phi) is 6.78. The molecule has 6 heteroatoms. The van der Waals surface area contributed by atoms with E-state index in [0.29, 0.717) is 11.6 Å². The summed E-state index contributed by atoms with van der Waals surface area (Å²) in [6.45, 7) is 2.70. The maximum absolute atomic E-state index is 11.8. The van der Waals surface area contributed by atoms with Gasteiger partial charge in [-0.2, -0.15) is 0 Å². The molecule has 0 aliphatic carbocycles. The Morgan fingerprint density at radius 3 is 2.75 bits per heavy atom. The highest BCUT2D eigenvalue weighted by Gasteiger charge is 2.09. The van der Waals surface area contributed by atoms with Gasteiger partial charge in [-0.25, -0.2) is 4.79 Å². The lowest BCUT2D eigenvalue weighted by Crippen LogP contribution is -2.39. The van der Waals surface area contributed by atoms with Gasteiger partial charge in [0.2, 0.25) is 0 Å². The van der Waals surface area contributed by atoms with E-state index in [0.717, 1.165) is 17.7 Å². The average molecular weight is 300 g/mol. The molecule has 1 unspecified atom stereocenters. The van der Waals surface area contributed by atoms with Crippen LogP contribution in [0.15, 0.2) is 18.2 Å². The molecule has 0 fully saturated rings. The molecule has 0 radical (unpaired) electrons. The summed E-state index contributed by atoms with van der Waals surface area (Å²) >= 11 is 5.92. The Labute approximate surface area is 124 Å². The van der Waals surface area contributed by atoms with Crippen molar-refractivity contribution in [2.24, 2.45) is 0 Å². The number of hydrogen-bond acceptors (Lipinski definition) is 3. The largest absolute Gasteiger partial charge is 0.390 e. The van der Waals surface area contributed by atoms with Crippen LogP contribution in [0.3, 0.4) is 0 Å². The quantitative estimate of drug-likeness (QED) is 0.752. The topological polar surface area (TPSA) is 64.6 Å². The van der Waals surface area contributed by atoms with Crippen molar-refractivity contribution < 1.29 is 9.90 Å². The van der Waals surface area contributed by atoms with Gasteiger partial charge in [-0.1, -0.05) is 18.5 Å². The number of urea groups is 1. The fraction of sp³-hybridized carbons (Fsp3) is 0.500. The number of aliphatic hydroxyl groups is 1. The van der Waals surface area contributed by atoms with E-state index in [1.54, 1.807) is 12.1 Å². The number of amides is 2. The standard InChI is InChI=1S/C14H22ClN3O2/c1-4-10-7-11(15)5-6-13(10)17-14(20)16-8-12(19)9-18(2)3/h5-7,12,19H,4,8-9H2,1-3H3,(H2,16,17,20). The van der Waals surface area contributed by atoms with Crippen molar-refractivity contribution in [3.05, 3.63) is 28.8 Å². The van der Waals surface area contributed by atoms with Gasteiger partial charge >= 0.3 is 6.03 Å². The Hall–Kier alpha value is -1.30. The first-order valence-corrected chi connectivity index (χ1v) is 6.96. The van der Waals surface area contributed by atoms with Gasteiger partial charge in [0, 0.05) is 23.8 Å². The third-order valence-electron chi connectivity index (χ3n) is 2.77. The summed E-state index contributed by atoms with van der Waals surface area (Å²) < 4.78 is 0. The average Bonchev–Trinajstić information content (AvgIpc) is 2.37. The van der Waals surface area contributed by atoms with E-state index in [1.807, 2.05) is 32.0 Å². The number of hydrogen-bond donors (Lipinski definition) is 3. The van der Waals surface area contributed by atoms with E-state index in [1.165, 1.54) is 0 Å². The van der Waals surface area contributed by atoms with Crippen LogP contribution in [0.4, 0.5) is 10.5 Å². The van der Waals surface area contributed by atoms with E-state index in [-0.39, 0.29) is 12.6 Å². The number of nitrogens with one attached hydrogen (secondary N) is 2. The number of aryl methyl sites for hydroxylation is 1. The number of carbonyl (C=O) groups is 1. The molecule has 3 N–H and O–H groups in total. The third-order valence-corrected chi connectivity index (χ3v) is 3.01. The van der Waals surface area contributed by atoms with Crippen LogP contribution in [0.2, 0.25) is 5.02 Å². The first kappa shape index (κ1) is 16.8. The summed E-state index contributed by atoms with van der Waals surface area (Å²) in [6.07, 6.45) is 0.186. The predicted molar refractivity (Wildman–Crippen MR) is 82.4 cm³/mol. The molecule has 112 valence electrons. The molecular formula is C14H22ClN3O2. The molecule has 0 bridgehead atoms. The van der Waals surface area contributed by atoms with E-state index in [4.69, 9.17) is 11.6 Å². The van der Waals surface area contributed by atoms with Crippen LogP contribution in [0, 0.1) is 0 Å². The van der Waals surface area contributed by atoms with Crippen LogP contribution in [0.5, 0.6) is 0 Å². The monoisotopic (exact) mass is 299 g/mol. The molecule has 5 nitrogen and oxygen atoms in total. The second-order valence-corrected chi connectivity index (χ2v) is 5.34. The van der Waals surface area contributed by atoms with E-state index in [9.17, 15) is 9.90 Å². The Morgan fingerprint density at radius 2 is 2.15 bits per heavy atom. The van der Waals surface area contributed by atoms with Gasteiger partial charge in [0.1, 0.15) is 0 Å². The van der Waals surface area contributed by atoms with Crippen LogP contribution in [-0.2, 0) is 6.42 Å². The molecule has 0 saturated heterocycles. The SMILES string of the molecule is CCc1cc(Cl)ccc1NC(=O)NCC(O)CN(C)C. The molecule has 0 saturated carbocycles. The minimum absolute atomic E-state index is 0.207. The van der Waals surface area contributed by atoms with Crippen molar-refractivity contribution >= 4 is 23.3 Å². The van der Waals surface area contributed by atoms with Gasteiger partial charge in [-0.15, -0.1) is 0 Å². The minimum Gasteiger partial charge on any atom is -0.390 e. The fourth-order valence-corrected chi connectivity index (χ4v) is 2.03. The van der Waals surface area contributed by atoms with Gasteiger partial charge in [0.25, 0.3) is 0 Å². The first-order chi connectivity index (χ1) is 9.42. The maximum Gasteiger partial charge on any atom is 0.319 e. The summed E-state index contributed by atoms with van der Waals surface area (Å²) in [5.74, 6) is 0. The lowest BCUT2D eigenvalue weighted by Gasteiger charge is -2.17. The van der Waals surface area contributed by atoms with Crippen LogP contribution in [0.25, 0.3) is 0 Å². The zero-order valence-corrected chi connectivity index (χ0v) is 12.9. The number of nitrogens with zero attached hydrogens (tertiary/aromatic N) is 1. The summed E-state index contributed by atoms with van der Waals surface area (Å²) in [5, 5.41) is 15.7. The summed E-state index contributed by atoms with van der Waals surface area (Å²) in [6, 6.07) is 5.01. The second-order valence-electron chi connectivity index (χ2n) is 4.91.